The van der Waals surface area contributed by atoms with Crippen LogP contribution in [0.3, 0.4) is 0 Å². The molecule has 1 aromatic heterocycles. The number of hydrogen-bond donors (Lipinski definition) is 2. The van der Waals surface area contributed by atoms with Crippen LogP contribution in [0.25, 0.3) is 10.8 Å². The maximum atomic E-state index is 12.8. The first-order valence-corrected chi connectivity index (χ1v) is 10.2. The lowest BCUT2D eigenvalue weighted by atomic mass is 10.1. The summed E-state index contributed by atoms with van der Waals surface area (Å²) in [5.74, 6) is -0.232. The lowest BCUT2D eigenvalue weighted by Gasteiger charge is -2.10. The van der Waals surface area contributed by atoms with Gasteiger partial charge in [-0.05, 0) is 29.7 Å². The third-order valence-electron chi connectivity index (χ3n) is 4.45. The number of anilines is 2. The second kappa shape index (κ2) is 8.79. The van der Waals surface area contributed by atoms with E-state index in [1.54, 1.807) is 35.2 Å². The van der Waals surface area contributed by atoms with E-state index >= 15 is 0 Å². The standard InChI is InChI=1S/C22H19N5O2S/c1-27-14-23-26-22(27)30-13-20(28)24-17-9-4-8-16(12-17)21(29)25-19-11-5-7-15-6-2-3-10-18(15)19/h2-12,14H,13H2,1H3,(H,24,28)(H,25,29). The Morgan fingerprint density at radius 1 is 1.00 bits per heavy atom. The first-order valence-electron chi connectivity index (χ1n) is 9.26. The molecule has 8 heteroatoms. The zero-order valence-electron chi connectivity index (χ0n) is 16.2. The van der Waals surface area contributed by atoms with Crippen molar-refractivity contribution in [1.82, 2.24) is 14.8 Å². The number of aromatic nitrogens is 3. The number of hydrogen-bond acceptors (Lipinski definition) is 5. The molecule has 0 saturated carbocycles. The molecule has 2 amide bonds. The SMILES string of the molecule is Cn1cnnc1SCC(=O)Nc1cccc(C(=O)Nc2cccc3ccccc23)c1. The summed E-state index contributed by atoms with van der Waals surface area (Å²) in [6, 6.07) is 20.5. The molecule has 0 aliphatic carbocycles. The van der Waals surface area contributed by atoms with Gasteiger partial charge >= 0.3 is 0 Å². The van der Waals surface area contributed by atoms with Crippen molar-refractivity contribution in [2.24, 2.45) is 7.05 Å². The van der Waals surface area contributed by atoms with Crippen molar-refractivity contribution in [1.29, 1.82) is 0 Å². The highest BCUT2D eigenvalue weighted by Gasteiger charge is 2.11. The molecule has 150 valence electrons. The Hall–Kier alpha value is -3.65. The van der Waals surface area contributed by atoms with Gasteiger partial charge in [0.15, 0.2) is 5.16 Å². The molecular formula is C22H19N5O2S. The maximum absolute atomic E-state index is 12.8. The summed E-state index contributed by atoms with van der Waals surface area (Å²) in [7, 11) is 1.82. The number of carbonyl (C=O) groups is 2. The van der Waals surface area contributed by atoms with E-state index in [0.29, 0.717) is 16.4 Å². The number of aryl methyl sites for hydroxylation is 1. The molecular weight excluding hydrogens is 398 g/mol. The van der Waals surface area contributed by atoms with Crippen LogP contribution in [0.2, 0.25) is 0 Å². The van der Waals surface area contributed by atoms with Gasteiger partial charge in [0.25, 0.3) is 5.91 Å². The number of benzene rings is 3. The minimum atomic E-state index is -0.240. The number of amides is 2. The Morgan fingerprint density at radius 3 is 2.63 bits per heavy atom. The van der Waals surface area contributed by atoms with Gasteiger partial charge in [0.1, 0.15) is 6.33 Å². The van der Waals surface area contributed by atoms with Crippen LogP contribution in [0.1, 0.15) is 10.4 Å². The van der Waals surface area contributed by atoms with Gasteiger partial charge in [0, 0.05) is 29.4 Å². The summed E-state index contributed by atoms with van der Waals surface area (Å²) >= 11 is 1.29. The van der Waals surface area contributed by atoms with Crippen LogP contribution < -0.4 is 10.6 Å². The lowest BCUT2D eigenvalue weighted by Crippen LogP contribution is -2.16. The van der Waals surface area contributed by atoms with E-state index in [-0.39, 0.29) is 17.6 Å². The molecule has 4 rings (SSSR count). The van der Waals surface area contributed by atoms with Crippen LogP contribution >= 0.6 is 11.8 Å². The molecule has 0 fully saturated rings. The second-order valence-corrected chi connectivity index (χ2v) is 7.57. The van der Waals surface area contributed by atoms with Gasteiger partial charge in [-0.25, -0.2) is 0 Å². The highest BCUT2D eigenvalue weighted by Crippen LogP contribution is 2.24. The van der Waals surface area contributed by atoms with Gasteiger partial charge in [0.2, 0.25) is 5.91 Å². The summed E-state index contributed by atoms with van der Waals surface area (Å²) in [4.78, 5) is 25.0. The number of carbonyl (C=O) groups excluding carboxylic acids is 2. The fourth-order valence-corrected chi connectivity index (χ4v) is 3.69. The lowest BCUT2D eigenvalue weighted by molar-refractivity contribution is -0.113. The molecule has 0 aliphatic rings. The molecule has 0 radical (unpaired) electrons. The highest BCUT2D eigenvalue weighted by atomic mass is 32.2. The Bertz CT molecular complexity index is 1220. The van der Waals surface area contributed by atoms with Crippen molar-refractivity contribution in [2.45, 2.75) is 5.16 Å². The van der Waals surface area contributed by atoms with Gasteiger partial charge in [-0.3, -0.25) is 9.59 Å². The van der Waals surface area contributed by atoms with Gasteiger partial charge in [0.05, 0.1) is 5.75 Å². The van der Waals surface area contributed by atoms with Crippen molar-refractivity contribution >= 4 is 45.7 Å². The molecule has 0 aliphatic heterocycles. The fourth-order valence-electron chi connectivity index (χ4n) is 3.00. The molecule has 0 atom stereocenters. The second-order valence-electron chi connectivity index (χ2n) is 6.62. The number of fused-ring (bicyclic) bond motifs is 1. The predicted molar refractivity (Wildman–Crippen MR) is 119 cm³/mol. The maximum Gasteiger partial charge on any atom is 0.255 e. The van der Waals surface area contributed by atoms with Crippen LogP contribution in [0.15, 0.2) is 78.2 Å². The minimum absolute atomic E-state index is 0.186. The van der Waals surface area contributed by atoms with E-state index < -0.39 is 0 Å². The summed E-state index contributed by atoms with van der Waals surface area (Å²) in [5.41, 5.74) is 1.76. The first kappa shape index (κ1) is 19.7. The van der Waals surface area contributed by atoms with Crippen LogP contribution in [0.4, 0.5) is 11.4 Å². The van der Waals surface area contributed by atoms with E-state index in [4.69, 9.17) is 0 Å². The summed E-state index contributed by atoms with van der Waals surface area (Å²) in [6.07, 6.45) is 1.58. The molecule has 4 aromatic rings. The van der Waals surface area contributed by atoms with Crippen molar-refractivity contribution in [3.8, 4) is 0 Å². The molecule has 30 heavy (non-hydrogen) atoms. The molecule has 0 unspecified atom stereocenters. The monoisotopic (exact) mass is 417 g/mol. The van der Waals surface area contributed by atoms with Crippen molar-refractivity contribution in [2.75, 3.05) is 16.4 Å². The first-order chi connectivity index (χ1) is 14.6. The molecule has 1 heterocycles. The summed E-state index contributed by atoms with van der Waals surface area (Å²) in [6.45, 7) is 0. The molecule has 2 N–H and O–H groups in total. The van der Waals surface area contributed by atoms with Crippen LogP contribution in [-0.4, -0.2) is 32.3 Å². The van der Waals surface area contributed by atoms with E-state index in [2.05, 4.69) is 20.8 Å². The molecule has 7 nitrogen and oxygen atoms in total. The molecule has 0 bridgehead atoms. The molecule has 0 saturated heterocycles. The Balaban J connectivity index is 1.43. The van der Waals surface area contributed by atoms with Crippen LogP contribution in [0, 0.1) is 0 Å². The normalized spacial score (nSPS) is 10.7. The van der Waals surface area contributed by atoms with E-state index in [0.717, 1.165) is 16.5 Å². The smallest absolute Gasteiger partial charge is 0.255 e. The van der Waals surface area contributed by atoms with E-state index in [1.165, 1.54) is 11.8 Å². The Kier molecular flexibility index (Phi) is 5.76. The Labute approximate surface area is 177 Å². The molecule has 0 spiro atoms. The predicted octanol–water partition coefficient (Wildman–Crippen LogP) is 3.95. The number of nitrogens with zero attached hydrogens (tertiary/aromatic N) is 3. The quantitative estimate of drug-likeness (QED) is 0.464. The third-order valence-corrected chi connectivity index (χ3v) is 5.48. The zero-order valence-corrected chi connectivity index (χ0v) is 17.0. The van der Waals surface area contributed by atoms with Gasteiger partial charge in [-0.2, -0.15) is 0 Å². The number of nitrogens with one attached hydrogen (secondary N) is 2. The van der Waals surface area contributed by atoms with E-state index in [9.17, 15) is 9.59 Å². The molecule has 3 aromatic carbocycles. The Morgan fingerprint density at radius 2 is 1.80 bits per heavy atom. The average molecular weight is 417 g/mol. The van der Waals surface area contributed by atoms with Gasteiger partial charge in [-0.1, -0.05) is 54.2 Å². The largest absolute Gasteiger partial charge is 0.325 e. The topological polar surface area (TPSA) is 88.9 Å². The van der Waals surface area contributed by atoms with Crippen LogP contribution in [0.5, 0.6) is 0 Å². The zero-order chi connectivity index (χ0) is 20.9. The van der Waals surface area contributed by atoms with Crippen molar-refractivity contribution in [3.05, 3.63) is 78.6 Å². The van der Waals surface area contributed by atoms with Gasteiger partial charge in [-0.15, -0.1) is 10.2 Å². The average Bonchev–Trinajstić information content (AvgIpc) is 3.17. The summed E-state index contributed by atoms with van der Waals surface area (Å²) < 4.78 is 1.75. The van der Waals surface area contributed by atoms with Crippen molar-refractivity contribution in [3.63, 3.8) is 0 Å². The van der Waals surface area contributed by atoms with Crippen molar-refractivity contribution < 1.29 is 9.59 Å². The highest BCUT2D eigenvalue weighted by molar-refractivity contribution is 7.99. The summed E-state index contributed by atoms with van der Waals surface area (Å²) in [5, 5.41) is 16.2. The van der Waals surface area contributed by atoms with Gasteiger partial charge < -0.3 is 15.2 Å². The van der Waals surface area contributed by atoms with Crippen LogP contribution in [-0.2, 0) is 11.8 Å². The van der Waals surface area contributed by atoms with E-state index in [1.807, 2.05) is 49.5 Å². The third kappa shape index (κ3) is 4.49. The number of rotatable bonds is 6. The minimum Gasteiger partial charge on any atom is -0.325 e. The fraction of sp³-hybridized carbons (Fsp3) is 0.0909. The number of thioether (sulfide) groups is 1.